The molecule has 1 fully saturated rings. The van der Waals surface area contributed by atoms with Crippen LogP contribution in [-0.2, 0) is 4.79 Å². The first-order valence-electron chi connectivity index (χ1n) is 11.1. The fraction of sp³-hybridized carbons (Fsp3) is 0.346. The van der Waals surface area contributed by atoms with Crippen molar-refractivity contribution >= 4 is 17.3 Å². The van der Waals surface area contributed by atoms with Gasteiger partial charge < -0.3 is 15.0 Å². The fourth-order valence-corrected chi connectivity index (χ4v) is 4.42. The van der Waals surface area contributed by atoms with Gasteiger partial charge in [-0.2, -0.15) is 0 Å². The molecule has 31 heavy (non-hydrogen) atoms. The van der Waals surface area contributed by atoms with E-state index in [0.717, 1.165) is 30.0 Å². The van der Waals surface area contributed by atoms with Crippen LogP contribution < -0.4 is 20.3 Å². The van der Waals surface area contributed by atoms with Gasteiger partial charge in [0.05, 0.1) is 19.7 Å². The van der Waals surface area contributed by atoms with E-state index in [4.69, 9.17) is 4.74 Å². The van der Waals surface area contributed by atoms with E-state index >= 15 is 0 Å². The van der Waals surface area contributed by atoms with Crippen LogP contribution in [0.4, 0.5) is 11.4 Å². The first-order chi connectivity index (χ1) is 15.2. The van der Waals surface area contributed by atoms with Crippen molar-refractivity contribution in [2.24, 2.45) is 0 Å². The Morgan fingerprint density at radius 3 is 2.32 bits per heavy atom. The standard InChI is InChI=1S/C26H31N3O2/c1-31-23-17-15-22(16-18-23)29(21-11-5-6-12-21)26(30)19-27-24-13-7-8-14-25(24)28-20-9-3-2-4-10-20/h2-4,7-10,13-18,21,24-25,27-28H,5-6,11-12,19H2,1H3. The summed E-state index contributed by atoms with van der Waals surface area (Å²) in [6.07, 6.45) is 12.8. The minimum Gasteiger partial charge on any atom is -0.497 e. The number of nitrogens with one attached hydrogen (secondary N) is 2. The maximum Gasteiger partial charge on any atom is 0.241 e. The number of nitrogens with zero attached hydrogens (tertiary/aromatic N) is 1. The molecule has 0 heterocycles. The minimum absolute atomic E-state index is 0.0375. The van der Waals surface area contributed by atoms with E-state index in [1.165, 1.54) is 12.8 Å². The molecule has 0 saturated heterocycles. The summed E-state index contributed by atoms with van der Waals surface area (Å²) < 4.78 is 5.29. The van der Waals surface area contributed by atoms with Crippen LogP contribution in [0.1, 0.15) is 25.7 Å². The quantitative estimate of drug-likeness (QED) is 0.662. The van der Waals surface area contributed by atoms with Crippen LogP contribution >= 0.6 is 0 Å². The second-order valence-electron chi connectivity index (χ2n) is 8.11. The molecule has 5 nitrogen and oxygen atoms in total. The van der Waals surface area contributed by atoms with Gasteiger partial charge in [0.15, 0.2) is 0 Å². The highest BCUT2D eigenvalue weighted by Crippen LogP contribution is 2.29. The van der Waals surface area contributed by atoms with Crippen LogP contribution in [-0.4, -0.2) is 37.7 Å². The van der Waals surface area contributed by atoms with E-state index in [9.17, 15) is 4.79 Å². The summed E-state index contributed by atoms with van der Waals surface area (Å²) in [6, 6.07) is 18.4. The fourth-order valence-electron chi connectivity index (χ4n) is 4.42. The summed E-state index contributed by atoms with van der Waals surface area (Å²) in [5.74, 6) is 0.910. The third kappa shape index (κ3) is 5.36. The molecular formula is C26H31N3O2. The number of benzene rings is 2. The van der Waals surface area contributed by atoms with Crippen molar-refractivity contribution in [1.82, 2.24) is 5.32 Å². The minimum atomic E-state index is 0.0375. The molecule has 2 aromatic carbocycles. The zero-order valence-electron chi connectivity index (χ0n) is 18.0. The normalized spacial score (nSPS) is 20.5. The van der Waals surface area contributed by atoms with Gasteiger partial charge in [0, 0.05) is 23.5 Å². The third-order valence-corrected chi connectivity index (χ3v) is 6.04. The molecule has 0 aromatic heterocycles. The lowest BCUT2D eigenvalue weighted by atomic mass is 10.0. The predicted molar refractivity (Wildman–Crippen MR) is 127 cm³/mol. The summed E-state index contributed by atoms with van der Waals surface area (Å²) in [4.78, 5) is 15.4. The number of allylic oxidation sites excluding steroid dienone is 2. The second kappa shape index (κ2) is 10.3. The topological polar surface area (TPSA) is 53.6 Å². The van der Waals surface area contributed by atoms with Crippen LogP contribution in [0.25, 0.3) is 0 Å². The van der Waals surface area contributed by atoms with E-state index in [1.807, 2.05) is 59.5 Å². The molecule has 0 radical (unpaired) electrons. The Hall–Kier alpha value is -3.05. The molecule has 0 bridgehead atoms. The predicted octanol–water partition coefficient (Wildman–Crippen LogP) is 4.54. The Balaban J connectivity index is 1.43. The summed E-state index contributed by atoms with van der Waals surface area (Å²) in [5.41, 5.74) is 2.01. The number of carbonyl (C=O) groups is 1. The van der Waals surface area contributed by atoms with E-state index in [1.54, 1.807) is 7.11 Å². The van der Waals surface area contributed by atoms with Crippen LogP contribution in [0.3, 0.4) is 0 Å². The maximum atomic E-state index is 13.4. The Morgan fingerprint density at radius 2 is 1.65 bits per heavy atom. The highest BCUT2D eigenvalue weighted by molar-refractivity contribution is 5.95. The monoisotopic (exact) mass is 417 g/mol. The molecule has 162 valence electrons. The number of rotatable bonds is 8. The lowest BCUT2D eigenvalue weighted by Gasteiger charge is -2.31. The summed E-state index contributed by atoms with van der Waals surface area (Å²) in [7, 11) is 1.66. The average Bonchev–Trinajstić information content (AvgIpc) is 3.34. The Labute approximate surface area is 184 Å². The second-order valence-corrected chi connectivity index (χ2v) is 8.11. The van der Waals surface area contributed by atoms with E-state index in [2.05, 4.69) is 34.9 Å². The van der Waals surface area contributed by atoms with Gasteiger partial charge in [-0.3, -0.25) is 10.1 Å². The van der Waals surface area contributed by atoms with E-state index in [0.29, 0.717) is 6.54 Å². The number of methoxy groups -OCH3 is 1. The van der Waals surface area contributed by atoms with Crippen molar-refractivity contribution in [1.29, 1.82) is 0 Å². The molecule has 1 saturated carbocycles. The molecule has 2 aliphatic carbocycles. The number of ether oxygens (including phenoxy) is 1. The van der Waals surface area contributed by atoms with Crippen LogP contribution in [0.5, 0.6) is 5.75 Å². The Morgan fingerprint density at radius 1 is 0.968 bits per heavy atom. The van der Waals surface area contributed by atoms with Crippen molar-refractivity contribution in [2.75, 3.05) is 23.9 Å². The van der Waals surface area contributed by atoms with E-state index in [-0.39, 0.29) is 24.0 Å². The molecular weight excluding hydrogens is 386 g/mol. The van der Waals surface area contributed by atoms with Crippen LogP contribution in [0.15, 0.2) is 78.9 Å². The Bertz CT molecular complexity index is 902. The molecule has 2 atom stereocenters. The van der Waals surface area contributed by atoms with Crippen molar-refractivity contribution in [3.05, 3.63) is 78.9 Å². The third-order valence-electron chi connectivity index (χ3n) is 6.04. The molecule has 2 N–H and O–H groups in total. The van der Waals surface area contributed by atoms with E-state index < -0.39 is 0 Å². The van der Waals surface area contributed by atoms with Crippen LogP contribution in [0, 0.1) is 0 Å². The number of hydrogen-bond donors (Lipinski definition) is 2. The molecule has 0 aliphatic heterocycles. The zero-order valence-corrected chi connectivity index (χ0v) is 18.0. The molecule has 2 aliphatic rings. The van der Waals surface area contributed by atoms with Gasteiger partial charge in [0.2, 0.25) is 5.91 Å². The number of para-hydroxylation sites is 1. The van der Waals surface area contributed by atoms with Crippen molar-refractivity contribution in [2.45, 2.75) is 43.8 Å². The van der Waals surface area contributed by atoms with Crippen molar-refractivity contribution < 1.29 is 9.53 Å². The molecule has 5 heteroatoms. The first kappa shape index (κ1) is 21.2. The lowest BCUT2D eigenvalue weighted by molar-refractivity contribution is -0.118. The molecule has 2 unspecified atom stereocenters. The SMILES string of the molecule is COc1ccc(N(C(=O)CNC2C=CC=CC2Nc2ccccc2)C2CCCC2)cc1. The molecule has 0 spiro atoms. The number of carbonyl (C=O) groups excluding carboxylic acids is 1. The number of hydrogen-bond acceptors (Lipinski definition) is 4. The van der Waals surface area contributed by atoms with Crippen molar-refractivity contribution in [3.63, 3.8) is 0 Å². The highest BCUT2D eigenvalue weighted by atomic mass is 16.5. The lowest BCUT2D eigenvalue weighted by Crippen LogP contribution is -2.49. The van der Waals surface area contributed by atoms with Gasteiger partial charge in [-0.1, -0.05) is 55.3 Å². The molecule has 2 aromatic rings. The van der Waals surface area contributed by atoms with Gasteiger partial charge in [-0.15, -0.1) is 0 Å². The first-order valence-corrected chi connectivity index (χ1v) is 11.1. The Kier molecular flexibility index (Phi) is 7.05. The van der Waals surface area contributed by atoms with Gasteiger partial charge in [-0.25, -0.2) is 0 Å². The van der Waals surface area contributed by atoms with Gasteiger partial charge in [0.25, 0.3) is 0 Å². The van der Waals surface area contributed by atoms with Crippen LogP contribution in [0.2, 0.25) is 0 Å². The molecule has 1 amide bonds. The van der Waals surface area contributed by atoms with Crippen molar-refractivity contribution in [3.8, 4) is 5.75 Å². The van der Waals surface area contributed by atoms with Gasteiger partial charge >= 0.3 is 0 Å². The summed E-state index contributed by atoms with van der Waals surface area (Å²) in [5, 5.41) is 7.02. The van der Waals surface area contributed by atoms with Gasteiger partial charge in [0.1, 0.15) is 5.75 Å². The number of amides is 1. The largest absolute Gasteiger partial charge is 0.497 e. The summed E-state index contributed by atoms with van der Waals surface area (Å²) >= 11 is 0. The average molecular weight is 418 g/mol. The number of anilines is 2. The van der Waals surface area contributed by atoms with Gasteiger partial charge in [-0.05, 0) is 49.2 Å². The molecule has 4 rings (SSSR count). The highest BCUT2D eigenvalue weighted by Gasteiger charge is 2.29. The maximum absolute atomic E-state index is 13.4. The zero-order chi connectivity index (χ0) is 21.5. The summed E-state index contributed by atoms with van der Waals surface area (Å²) in [6.45, 7) is 0.290. The smallest absolute Gasteiger partial charge is 0.241 e.